The molecule has 2 aromatic carbocycles. The summed E-state index contributed by atoms with van der Waals surface area (Å²) in [6, 6.07) is 13.3. The molecule has 0 aromatic heterocycles. The summed E-state index contributed by atoms with van der Waals surface area (Å²) in [6.45, 7) is 6.14. The van der Waals surface area contributed by atoms with Gasteiger partial charge >= 0.3 is 0 Å². The van der Waals surface area contributed by atoms with Crippen molar-refractivity contribution in [1.29, 1.82) is 0 Å². The number of para-hydroxylation sites is 1. The Morgan fingerprint density at radius 2 is 1.96 bits per heavy atom. The van der Waals surface area contributed by atoms with Crippen molar-refractivity contribution in [2.24, 2.45) is 0 Å². The predicted octanol–water partition coefficient (Wildman–Crippen LogP) is 4.11. The van der Waals surface area contributed by atoms with Crippen molar-refractivity contribution < 1.29 is 9.53 Å². The second-order valence-electron chi connectivity index (χ2n) is 5.70. The van der Waals surface area contributed by atoms with E-state index in [-0.39, 0.29) is 12.5 Å². The first kappa shape index (κ1) is 16.9. The molecule has 0 spiro atoms. The topological polar surface area (TPSA) is 64.3 Å². The van der Waals surface area contributed by atoms with Gasteiger partial charge in [0.2, 0.25) is 0 Å². The van der Waals surface area contributed by atoms with Crippen LogP contribution in [0.4, 0.5) is 11.4 Å². The van der Waals surface area contributed by atoms with Crippen LogP contribution in [-0.4, -0.2) is 12.5 Å². The Bertz CT molecular complexity index is 683. The number of nitrogens with two attached hydrogens (primary N) is 1. The number of nitrogens with one attached hydrogen (secondary N) is 1. The fraction of sp³-hybridized carbons (Fsp3) is 0.316. The van der Waals surface area contributed by atoms with Crippen LogP contribution in [0.2, 0.25) is 0 Å². The average Bonchev–Trinajstić information content (AvgIpc) is 2.56. The molecule has 0 saturated carbocycles. The van der Waals surface area contributed by atoms with E-state index >= 15 is 0 Å². The van der Waals surface area contributed by atoms with Crippen LogP contribution in [0.5, 0.6) is 5.75 Å². The van der Waals surface area contributed by atoms with E-state index < -0.39 is 0 Å². The molecule has 2 aromatic rings. The first-order chi connectivity index (χ1) is 11.0. The van der Waals surface area contributed by atoms with Crippen LogP contribution in [0.25, 0.3) is 0 Å². The molecule has 4 heteroatoms. The number of ether oxygens (including phenoxy) is 1. The lowest BCUT2D eigenvalue weighted by Crippen LogP contribution is -2.21. The number of carbonyl (C=O) groups excluding carboxylic acids is 1. The molecule has 0 bridgehead atoms. The van der Waals surface area contributed by atoms with Crippen molar-refractivity contribution in [1.82, 2.24) is 0 Å². The smallest absolute Gasteiger partial charge is 0.262 e. The van der Waals surface area contributed by atoms with E-state index in [4.69, 9.17) is 10.5 Å². The third-order valence-electron chi connectivity index (χ3n) is 4.07. The number of anilines is 2. The van der Waals surface area contributed by atoms with Gasteiger partial charge in [-0.05, 0) is 48.6 Å². The van der Waals surface area contributed by atoms with Gasteiger partial charge in [-0.15, -0.1) is 0 Å². The number of carbonyl (C=O) groups is 1. The van der Waals surface area contributed by atoms with Gasteiger partial charge in [-0.25, -0.2) is 0 Å². The standard InChI is InChI=1S/C19H24N2O2/c1-4-13(2)15-8-5-6-11-18(15)23-12-19(22)21-17-10-7-9-16(20)14(17)3/h5-11,13H,4,12,20H2,1-3H3,(H,21,22). The molecule has 0 saturated heterocycles. The summed E-state index contributed by atoms with van der Waals surface area (Å²) in [4.78, 5) is 12.1. The zero-order valence-electron chi connectivity index (χ0n) is 13.9. The number of nitrogen functional groups attached to an aromatic ring is 1. The number of hydrogen-bond acceptors (Lipinski definition) is 3. The van der Waals surface area contributed by atoms with Crippen LogP contribution >= 0.6 is 0 Å². The molecular formula is C19H24N2O2. The molecule has 0 aliphatic rings. The third-order valence-corrected chi connectivity index (χ3v) is 4.07. The quantitative estimate of drug-likeness (QED) is 0.789. The van der Waals surface area contributed by atoms with Crippen LogP contribution < -0.4 is 15.8 Å². The molecule has 0 radical (unpaired) electrons. The summed E-state index contributed by atoms with van der Waals surface area (Å²) in [5, 5.41) is 2.84. The van der Waals surface area contributed by atoms with Gasteiger partial charge in [0, 0.05) is 11.4 Å². The van der Waals surface area contributed by atoms with Crippen LogP contribution in [0.3, 0.4) is 0 Å². The SMILES string of the molecule is CCC(C)c1ccccc1OCC(=O)Nc1cccc(N)c1C. The maximum Gasteiger partial charge on any atom is 0.262 e. The lowest BCUT2D eigenvalue weighted by atomic mass is 9.98. The molecular weight excluding hydrogens is 288 g/mol. The Balaban J connectivity index is 2.01. The zero-order chi connectivity index (χ0) is 16.8. The molecule has 3 N–H and O–H groups in total. The maximum atomic E-state index is 12.1. The van der Waals surface area contributed by atoms with Gasteiger partial charge in [-0.2, -0.15) is 0 Å². The van der Waals surface area contributed by atoms with Crippen LogP contribution in [0.1, 0.15) is 37.3 Å². The summed E-state index contributed by atoms with van der Waals surface area (Å²) < 4.78 is 5.72. The first-order valence-electron chi connectivity index (χ1n) is 7.89. The summed E-state index contributed by atoms with van der Waals surface area (Å²) in [5.41, 5.74) is 9.21. The minimum Gasteiger partial charge on any atom is -0.483 e. The van der Waals surface area contributed by atoms with E-state index in [0.29, 0.717) is 17.3 Å². The fourth-order valence-corrected chi connectivity index (χ4v) is 2.36. The molecule has 0 aliphatic carbocycles. The van der Waals surface area contributed by atoms with Crippen molar-refractivity contribution >= 4 is 17.3 Å². The zero-order valence-corrected chi connectivity index (χ0v) is 13.9. The molecule has 122 valence electrons. The molecule has 1 unspecified atom stereocenters. The minimum atomic E-state index is -0.197. The summed E-state index contributed by atoms with van der Waals surface area (Å²) in [6.07, 6.45) is 1.02. The van der Waals surface area contributed by atoms with Crippen molar-refractivity contribution in [2.75, 3.05) is 17.7 Å². The lowest BCUT2D eigenvalue weighted by molar-refractivity contribution is -0.118. The molecule has 0 heterocycles. The Labute approximate surface area is 137 Å². The lowest BCUT2D eigenvalue weighted by Gasteiger charge is -2.16. The van der Waals surface area contributed by atoms with Crippen molar-refractivity contribution in [3.05, 3.63) is 53.6 Å². The van der Waals surface area contributed by atoms with Crippen LogP contribution in [-0.2, 0) is 4.79 Å². The average molecular weight is 312 g/mol. The van der Waals surface area contributed by atoms with Gasteiger partial charge in [0.25, 0.3) is 5.91 Å². The van der Waals surface area contributed by atoms with Gasteiger partial charge in [0.05, 0.1) is 0 Å². The summed E-state index contributed by atoms with van der Waals surface area (Å²) in [5.74, 6) is 0.962. The second-order valence-corrected chi connectivity index (χ2v) is 5.70. The molecule has 0 fully saturated rings. The Morgan fingerprint density at radius 3 is 2.70 bits per heavy atom. The summed E-state index contributed by atoms with van der Waals surface area (Å²) >= 11 is 0. The largest absolute Gasteiger partial charge is 0.483 e. The van der Waals surface area contributed by atoms with E-state index in [9.17, 15) is 4.79 Å². The van der Waals surface area contributed by atoms with Crippen molar-refractivity contribution in [2.45, 2.75) is 33.1 Å². The molecule has 1 atom stereocenters. The van der Waals surface area contributed by atoms with Gasteiger partial charge in [-0.1, -0.05) is 38.1 Å². The predicted molar refractivity (Wildman–Crippen MR) is 94.9 cm³/mol. The Morgan fingerprint density at radius 1 is 1.22 bits per heavy atom. The van der Waals surface area contributed by atoms with Crippen molar-refractivity contribution in [3.63, 3.8) is 0 Å². The fourth-order valence-electron chi connectivity index (χ4n) is 2.36. The third kappa shape index (κ3) is 4.25. The van der Waals surface area contributed by atoms with Gasteiger partial charge < -0.3 is 15.8 Å². The first-order valence-corrected chi connectivity index (χ1v) is 7.89. The number of hydrogen-bond donors (Lipinski definition) is 2. The minimum absolute atomic E-state index is 0.0261. The van der Waals surface area contributed by atoms with Gasteiger partial charge in [0.1, 0.15) is 5.75 Å². The second kappa shape index (κ2) is 7.68. The van der Waals surface area contributed by atoms with E-state index in [1.807, 2.05) is 49.4 Å². The van der Waals surface area contributed by atoms with E-state index in [2.05, 4.69) is 19.2 Å². The highest BCUT2D eigenvalue weighted by molar-refractivity contribution is 5.93. The Hall–Kier alpha value is -2.49. The monoisotopic (exact) mass is 312 g/mol. The molecule has 4 nitrogen and oxygen atoms in total. The highest BCUT2D eigenvalue weighted by Crippen LogP contribution is 2.28. The molecule has 2 rings (SSSR count). The maximum absolute atomic E-state index is 12.1. The normalized spacial score (nSPS) is 11.8. The number of benzene rings is 2. The van der Waals surface area contributed by atoms with Crippen LogP contribution in [0, 0.1) is 6.92 Å². The number of amides is 1. The molecule has 0 aliphatic heterocycles. The summed E-state index contributed by atoms with van der Waals surface area (Å²) in [7, 11) is 0. The van der Waals surface area contributed by atoms with Crippen LogP contribution in [0.15, 0.2) is 42.5 Å². The molecule has 23 heavy (non-hydrogen) atoms. The van der Waals surface area contributed by atoms with Crippen molar-refractivity contribution in [3.8, 4) is 5.75 Å². The van der Waals surface area contributed by atoms with E-state index in [1.165, 1.54) is 0 Å². The molecule has 1 amide bonds. The highest BCUT2D eigenvalue weighted by Gasteiger charge is 2.12. The van der Waals surface area contributed by atoms with E-state index in [1.54, 1.807) is 0 Å². The highest BCUT2D eigenvalue weighted by atomic mass is 16.5. The van der Waals surface area contributed by atoms with Gasteiger partial charge in [0.15, 0.2) is 6.61 Å². The Kier molecular flexibility index (Phi) is 5.63. The number of rotatable bonds is 6. The van der Waals surface area contributed by atoms with Gasteiger partial charge in [-0.3, -0.25) is 4.79 Å². The van der Waals surface area contributed by atoms with E-state index in [0.717, 1.165) is 23.3 Å².